The smallest absolute Gasteiger partial charge is 0.222 e. The first-order valence-corrected chi connectivity index (χ1v) is 7.01. The molecule has 0 radical (unpaired) electrons. The summed E-state index contributed by atoms with van der Waals surface area (Å²) in [5.74, 6) is 0.795. The highest BCUT2D eigenvalue weighted by atomic mass is 35.5. The van der Waals surface area contributed by atoms with E-state index >= 15 is 0 Å². The highest BCUT2D eigenvalue weighted by molar-refractivity contribution is 6.17. The molecule has 1 fully saturated rings. The van der Waals surface area contributed by atoms with E-state index in [0.717, 1.165) is 38.8 Å². The van der Waals surface area contributed by atoms with Crippen molar-refractivity contribution in [1.29, 1.82) is 0 Å². The van der Waals surface area contributed by atoms with Crippen LogP contribution in [0.5, 0.6) is 0 Å². The molecular formula is C13H24ClNO2. The summed E-state index contributed by atoms with van der Waals surface area (Å²) < 4.78 is 5.44. The van der Waals surface area contributed by atoms with Crippen molar-refractivity contribution in [3.05, 3.63) is 0 Å². The molecule has 1 heterocycles. The van der Waals surface area contributed by atoms with Gasteiger partial charge >= 0.3 is 0 Å². The van der Waals surface area contributed by atoms with Gasteiger partial charge in [0.1, 0.15) is 0 Å². The highest BCUT2D eigenvalue weighted by Gasteiger charge is 2.21. The van der Waals surface area contributed by atoms with Gasteiger partial charge in [-0.05, 0) is 31.1 Å². The van der Waals surface area contributed by atoms with Crippen molar-refractivity contribution in [1.82, 2.24) is 5.32 Å². The number of amides is 1. The van der Waals surface area contributed by atoms with Crippen molar-refractivity contribution in [2.45, 2.75) is 52.1 Å². The van der Waals surface area contributed by atoms with Gasteiger partial charge in [0, 0.05) is 19.0 Å². The molecule has 1 atom stereocenters. The summed E-state index contributed by atoms with van der Waals surface area (Å²) in [6.07, 6.45) is 4.78. The van der Waals surface area contributed by atoms with Crippen molar-refractivity contribution in [3.8, 4) is 0 Å². The molecule has 100 valence electrons. The van der Waals surface area contributed by atoms with Crippen molar-refractivity contribution in [2.75, 3.05) is 19.0 Å². The second-order valence-electron chi connectivity index (χ2n) is 5.57. The zero-order valence-electron chi connectivity index (χ0n) is 10.9. The number of hydrogen-bond donors (Lipinski definition) is 1. The van der Waals surface area contributed by atoms with E-state index < -0.39 is 0 Å². The van der Waals surface area contributed by atoms with Gasteiger partial charge in [-0.2, -0.15) is 0 Å². The minimum absolute atomic E-state index is 0.107. The average molecular weight is 262 g/mol. The molecular weight excluding hydrogens is 238 g/mol. The summed E-state index contributed by atoms with van der Waals surface area (Å²) in [5.41, 5.74) is 0.126. The molecule has 0 aromatic heterocycles. The van der Waals surface area contributed by atoms with Crippen molar-refractivity contribution in [3.63, 3.8) is 0 Å². The molecule has 0 saturated carbocycles. The molecule has 0 aliphatic carbocycles. The number of nitrogens with one attached hydrogen (secondary N) is 1. The fourth-order valence-corrected chi connectivity index (χ4v) is 2.19. The molecule has 3 nitrogen and oxygen atoms in total. The topological polar surface area (TPSA) is 38.3 Å². The third-order valence-corrected chi connectivity index (χ3v) is 3.46. The number of carbonyl (C=O) groups is 1. The Morgan fingerprint density at radius 2 is 2.29 bits per heavy atom. The van der Waals surface area contributed by atoms with Crippen LogP contribution in [-0.4, -0.2) is 31.0 Å². The molecule has 1 aliphatic heterocycles. The first-order valence-electron chi connectivity index (χ1n) is 6.48. The maximum Gasteiger partial charge on any atom is 0.222 e. The van der Waals surface area contributed by atoms with Crippen LogP contribution in [0.2, 0.25) is 0 Å². The van der Waals surface area contributed by atoms with E-state index in [1.54, 1.807) is 0 Å². The Hall–Kier alpha value is -0.280. The van der Waals surface area contributed by atoms with Gasteiger partial charge in [0.2, 0.25) is 5.91 Å². The fourth-order valence-electron chi connectivity index (χ4n) is 2.06. The number of rotatable bonds is 7. The molecule has 0 aromatic carbocycles. The zero-order valence-corrected chi connectivity index (χ0v) is 11.7. The average Bonchev–Trinajstić information content (AvgIpc) is 2.77. The predicted octanol–water partition coefficient (Wildman–Crippen LogP) is 2.72. The molecule has 0 aromatic rings. The van der Waals surface area contributed by atoms with E-state index in [-0.39, 0.29) is 17.4 Å². The SMILES string of the molecule is CC(C)(CCCCl)CNC(=O)CC1CCCO1. The highest BCUT2D eigenvalue weighted by Crippen LogP contribution is 2.21. The molecule has 1 aliphatic rings. The van der Waals surface area contributed by atoms with Gasteiger partial charge in [-0.3, -0.25) is 4.79 Å². The Bertz CT molecular complexity index is 238. The molecule has 1 N–H and O–H groups in total. The first-order chi connectivity index (χ1) is 8.03. The largest absolute Gasteiger partial charge is 0.378 e. The van der Waals surface area contributed by atoms with Crippen LogP contribution in [-0.2, 0) is 9.53 Å². The minimum Gasteiger partial charge on any atom is -0.378 e. The number of halogens is 1. The van der Waals surface area contributed by atoms with Gasteiger partial charge in [-0.1, -0.05) is 13.8 Å². The Morgan fingerprint density at radius 3 is 2.88 bits per heavy atom. The van der Waals surface area contributed by atoms with Gasteiger partial charge in [-0.15, -0.1) is 11.6 Å². The van der Waals surface area contributed by atoms with Crippen LogP contribution in [0.15, 0.2) is 0 Å². The lowest BCUT2D eigenvalue weighted by Gasteiger charge is -2.24. The van der Waals surface area contributed by atoms with Gasteiger partial charge < -0.3 is 10.1 Å². The summed E-state index contributed by atoms with van der Waals surface area (Å²) in [4.78, 5) is 11.7. The fraction of sp³-hybridized carbons (Fsp3) is 0.923. The Balaban J connectivity index is 2.17. The summed E-state index contributed by atoms with van der Waals surface area (Å²) >= 11 is 5.68. The van der Waals surface area contributed by atoms with E-state index in [9.17, 15) is 4.79 Å². The standard InChI is InChI=1S/C13H24ClNO2/c1-13(2,6-4-7-14)10-15-12(16)9-11-5-3-8-17-11/h11H,3-10H2,1-2H3,(H,15,16). The molecule has 1 unspecified atom stereocenters. The number of alkyl halides is 1. The molecule has 1 amide bonds. The Labute approximate surface area is 109 Å². The molecule has 0 spiro atoms. The number of ether oxygens (including phenoxy) is 1. The van der Waals surface area contributed by atoms with Crippen LogP contribution in [0.25, 0.3) is 0 Å². The van der Waals surface area contributed by atoms with Crippen molar-refractivity contribution in [2.24, 2.45) is 5.41 Å². The van der Waals surface area contributed by atoms with Crippen LogP contribution >= 0.6 is 11.6 Å². The lowest BCUT2D eigenvalue weighted by Crippen LogP contribution is -2.35. The van der Waals surface area contributed by atoms with Crippen LogP contribution in [0.4, 0.5) is 0 Å². The van der Waals surface area contributed by atoms with Gasteiger partial charge in [0.25, 0.3) is 0 Å². The molecule has 17 heavy (non-hydrogen) atoms. The minimum atomic E-state index is 0.107. The predicted molar refractivity (Wildman–Crippen MR) is 70.3 cm³/mol. The molecule has 4 heteroatoms. The first kappa shape index (κ1) is 14.8. The van der Waals surface area contributed by atoms with Gasteiger partial charge in [0.15, 0.2) is 0 Å². The van der Waals surface area contributed by atoms with Crippen LogP contribution in [0.1, 0.15) is 46.0 Å². The third kappa shape index (κ3) is 6.27. The molecule has 1 saturated heterocycles. The van der Waals surface area contributed by atoms with E-state index in [0.29, 0.717) is 12.3 Å². The lowest BCUT2D eigenvalue weighted by atomic mass is 9.88. The van der Waals surface area contributed by atoms with E-state index in [4.69, 9.17) is 16.3 Å². The second kappa shape index (κ2) is 7.22. The summed E-state index contributed by atoms with van der Waals surface area (Å²) in [6.45, 7) is 5.84. The summed E-state index contributed by atoms with van der Waals surface area (Å²) in [7, 11) is 0. The summed E-state index contributed by atoms with van der Waals surface area (Å²) in [5, 5.41) is 3.00. The van der Waals surface area contributed by atoms with Crippen LogP contribution in [0, 0.1) is 5.41 Å². The normalized spacial score (nSPS) is 20.5. The van der Waals surface area contributed by atoms with Crippen molar-refractivity contribution < 1.29 is 9.53 Å². The van der Waals surface area contributed by atoms with E-state index in [1.165, 1.54) is 0 Å². The van der Waals surface area contributed by atoms with E-state index in [2.05, 4.69) is 19.2 Å². The van der Waals surface area contributed by atoms with Gasteiger partial charge in [0.05, 0.1) is 12.5 Å². The molecule has 1 rings (SSSR count). The summed E-state index contributed by atoms with van der Waals surface area (Å²) in [6, 6.07) is 0. The molecule has 0 bridgehead atoms. The monoisotopic (exact) mass is 261 g/mol. The lowest BCUT2D eigenvalue weighted by molar-refractivity contribution is -0.123. The Morgan fingerprint density at radius 1 is 1.53 bits per heavy atom. The third-order valence-electron chi connectivity index (χ3n) is 3.19. The number of carbonyl (C=O) groups excluding carboxylic acids is 1. The number of hydrogen-bond acceptors (Lipinski definition) is 2. The van der Waals surface area contributed by atoms with Crippen molar-refractivity contribution >= 4 is 17.5 Å². The second-order valence-corrected chi connectivity index (χ2v) is 5.95. The quantitative estimate of drug-likeness (QED) is 0.716. The van der Waals surface area contributed by atoms with E-state index in [1.807, 2.05) is 0 Å². The zero-order chi connectivity index (χ0) is 12.7. The Kier molecular flexibility index (Phi) is 6.28. The van der Waals surface area contributed by atoms with Crippen LogP contribution < -0.4 is 5.32 Å². The van der Waals surface area contributed by atoms with Crippen LogP contribution in [0.3, 0.4) is 0 Å². The maximum absolute atomic E-state index is 11.7. The maximum atomic E-state index is 11.7. The van der Waals surface area contributed by atoms with Gasteiger partial charge in [-0.25, -0.2) is 0 Å².